The van der Waals surface area contributed by atoms with Crippen molar-refractivity contribution in [2.75, 3.05) is 7.05 Å². The van der Waals surface area contributed by atoms with E-state index in [9.17, 15) is 0 Å². The van der Waals surface area contributed by atoms with Gasteiger partial charge in [-0.05, 0) is 7.05 Å². The van der Waals surface area contributed by atoms with Gasteiger partial charge in [-0.25, -0.2) is 4.98 Å². The van der Waals surface area contributed by atoms with Crippen molar-refractivity contribution < 1.29 is 4.74 Å². The average Bonchev–Trinajstić information content (AvgIpc) is 2.32. The highest BCUT2D eigenvalue weighted by atomic mass is 35.5. The second kappa shape index (κ2) is 5.56. The molecule has 0 saturated heterocycles. The number of hydrogen-bond acceptors (Lipinski definition) is 5. The summed E-state index contributed by atoms with van der Waals surface area (Å²) in [6, 6.07) is 1.66. The van der Waals surface area contributed by atoms with Gasteiger partial charge in [-0.2, -0.15) is 0 Å². The van der Waals surface area contributed by atoms with Crippen LogP contribution in [0.2, 0.25) is 5.02 Å². The number of ether oxygens (including phenoxy) is 1. The molecule has 0 spiro atoms. The maximum absolute atomic E-state index is 5.79. The van der Waals surface area contributed by atoms with Gasteiger partial charge in [0.05, 0.1) is 29.3 Å². The molecule has 0 aromatic carbocycles. The molecule has 0 aliphatic heterocycles. The summed E-state index contributed by atoms with van der Waals surface area (Å²) in [6.45, 7) is 0.673. The van der Waals surface area contributed by atoms with Crippen LogP contribution in [-0.2, 0) is 6.54 Å². The van der Waals surface area contributed by atoms with Crippen LogP contribution in [0.5, 0.6) is 11.6 Å². The average molecular weight is 251 g/mol. The minimum absolute atomic E-state index is 0.411. The molecule has 0 saturated carbocycles. The van der Waals surface area contributed by atoms with Crippen LogP contribution in [-0.4, -0.2) is 22.0 Å². The number of rotatable bonds is 4. The van der Waals surface area contributed by atoms with E-state index in [1.807, 2.05) is 7.05 Å². The van der Waals surface area contributed by atoms with Crippen molar-refractivity contribution in [3.63, 3.8) is 0 Å². The molecule has 0 aliphatic rings. The first-order valence-electron chi connectivity index (χ1n) is 5.02. The normalized spacial score (nSPS) is 10.2. The molecule has 1 N–H and O–H groups in total. The molecule has 0 atom stereocenters. The highest BCUT2D eigenvalue weighted by molar-refractivity contribution is 6.30. The van der Waals surface area contributed by atoms with Gasteiger partial charge in [0.15, 0.2) is 0 Å². The monoisotopic (exact) mass is 250 g/mol. The molecule has 2 aromatic rings. The Morgan fingerprint density at radius 1 is 1.24 bits per heavy atom. The number of nitrogens with zero attached hydrogens (tertiary/aromatic N) is 3. The van der Waals surface area contributed by atoms with Crippen molar-refractivity contribution in [1.29, 1.82) is 0 Å². The smallest absolute Gasteiger partial charge is 0.237 e. The molecule has 0 unspecified atom stereocenters. The van der Waals surface area contributed by atoms with Crippen molar-refractivity contribution in [3.05, 3.63) is 41.6 Å². The summed E-state index contributed by atoms with van der Waals surface area (Å²) in [5.74, 6) is 0.946. The summed E-state index contributed by atoms with van der Waals surface area (Å²) < 4.78 is 5.45. The molecular formula is C11H11ClN4O. The summed E-state index contributed by atoms with van der Waals surface area (Å²) in [4.78, 5) is 12.2. The highest BCUT2D eigenvalue weighted by Gasteiger charge is 2.01. The zero-order valence-electron chi connectivity index (χ0n) is 9.22. The van der Waals surface area contributed by atoms with Crippen LogP contribution >= 0.6 is 11.6 Å². The summed E-state index contributed by atoms with van der Waals surface area (Å²) in [7, 11) is 1.85. The number of pyridine rings is 1. The molecule has 0 aliphatic carbocycles. The topological polar surface area (TPSA) is 59.9 Å². The van der Waals surface area contributed by atoms with Crippen molar-refractivity contribution in [2.24, 2.45) is 0 Å². The van der Waals surface area contributed by atoms with Gasteiger partial charge in [-0.15, -0.1) is 0 Å². The lowest BCUT2D eigenvalue weighted by Crippen LogP contribution is -2.07. The third kappa shape index (κ3) is 3.37. The van der Waals surface area contributed by atoms with Crippen molar-refractivity contribution in [1.82, 2.24) is 20.3 Å². The lowest BCUT2D eigenvalue weighted by atomic mass is 10.4. The Hall–Kier alpha value is -1.72. The summed E-state index contributed by atoms with van der Waals surface area (Å²) in [5.41, 5.74) is 0.851. The molecule has 17 heavy (non-hydrogen) atoms. The van der Waals surface area contributed by atoms with Gasteiger partial charge in [0.1, 0.15) is 5.75 Å². The number of aromatic nitrogens is 3. The zero-order valence-corrected chi connectivity index (χ0v) is 9.98. The molecule has 2 rings (SSSR count). The van der Waals surface area contributed by atoms with Gasteiger partial charge in [-0.1, -0.05) is 11.6 Å². The van der Waals surface area contributed by atoms with Gasteiger partial charge in [-0.3, -0.25) is 9.97 Å². The van der Waals surface area contributed by atoms with Gasteiger partial charge < -0.3 is 10.1 Å². The Morgan fingerprint density at radius 2 is 2.12 bits per heavy atom. The summed E-state index contributed by atoms with van der Waals surface area (Å²) in [6.07, 6.45) is 6.32. The van der Waals surface area contributed by atoms with E-state index in [0.717, 1.165) is 5.69 Å². The predicted molar refractivity (Wildman–Crippen MR) is 64.1 cm³/mol. The number of halogens is 1. The lowest BCUT2D eigenvalue weighted by Gasteiger charge is -2.04. The third-order valence-corrected chi connectivity index (χ3v) is 2.15. The Morgan fingerprint density at radius 3 is 2.76 bits per heavy atom. The number of hydrogen-bond donors (Lipinski definition) is 1. The molecule has 0 fully saturated rings. The Balaban J connectivity index is 2.08. The fourth-order valence-corrected chi connectivity index (χ4v) is 1.40. The molecule has 0 radical (unpaired) electrons. The van der Waals surface area contributed by atoms with Crippen LogP contribution < -0.4 is 10.1 Å². The first-order valence-corrected chi connectivity index (χ1v) is 5.39. The quantitative estimate of drug-likeness (QED) is 0.900. The molecule has 5 nitrogen and oxygen atoms in total. The SMILES string of the molecule is CNCc1cnc(Oc2cncc(Cl)c2)cn1. The van der Waals surface area contributed by atoms with Crippen LogP contribution in [0.25, 0.3) is 0 Å². The van der Waals surface area contributed by atoms with Gasteiger partial charge in [0.2, 0.25) is 5.88 Å². The van der Waals surface area contributed by atoms with Crippen molar-refractivity contribution in [2.45, 2.75) is 6.54 Å². The van der Waals surface area contributed by atoms with E-state index in [4.69, 9.17) is 16.3 Å². The van der Waals surface area contributed by atoms with Crippen LogP contribution in [0.1, 0.15) is 5.69 Å². The van der Waals surface area contributed by atoms with E-state index < -0.39 is 0 Å². The molecular weight excluding hydrogens is 240 g/mol. The zero-order chi connectivity index (χ0) is 12.1. The molecule has 2 aromatic heterocycles. The minimum Gasteiger partial charge on any atom is -0.436 e. The van der Waals surface area contributed by atoms with Crippen LogP contribution in [0.3, 0.4) is 0 Å². The Labute approximate surface area is 104 Å². The summed E-state index contributed by atoms with van der Waals surface area (Å²) >= 11 is 5.79. The van der Waals surface area contributed by atoms with E-state index in [1.54, 1.807) is 24.7 Å². The van der Waals surface area contributed by atoms with Gasteiger partial charge in [0.25, 0.3) is 0 Å². The second-order valence-electron chi connectivity index (χ2n) is 3.32. The fourth-order valence-electron chi connectivity index (χ4n) is 1.24. The minimum atomic E-state index is 0.411. The highest BCUT2D eigenvalue weighted by Crippen LogP contribution is 2.20. The molecule has 88 valence electrons. The first kappa shape index (κ1) is 11.8. The first-order chi connectivity index (χ1) is 8.28. The standard InChI is InChI=1S/C11H11ClN4O/c1-13-4-9-5-16-11(7-15-9)17-10-2-8(12)3-14-6-10/h2-3,5-7,13H,4H2,1H3. The maximum atomic E-state index is 5.79. The van der Waals surface area contributed by atoms with Crippen LogP contribution in [0.4, 0.5) is 0 Å². The second-order valence-corrected chi connectivity index (χ2v) is 3.75. The van der Waals surface area contributed by atoms with E-state index in [-0.39, 0.29) is 0 Å². The predicted octanol–water partition coefficient (Wildman–Crippen LogP) is 2.04. The maximum Gasteiger partial charge on any atom is 0.237 e. The van der Waals surface area contributed by atoms with E-state index in [0.29, 0.717) is 23.2 Å². The Kier molecular flexibility index (Phi) is 3.85. The molecule has 6 heteroatoms. The van der Waals surface area contributed by atoms with E-state index in [2.05, 4.69) is 20.3 Å². The number of nitrogens with one attached hydrogen (secondary N) is 1. The Bertz CT molecular complexity index is 489. The van der Waals surface area contributed by atoms with Gasteiger partial charge in [0, 0.05) is 18.8 Å². The van der Waals surface area contributed by atoms with E-state index in [1.165, 1.54) is 6.20 Å². The largest absolute Gasteiger partial charge is 0.436 e. The third-order valence-electron chi connectivity index (χ3n) is 1.94. The summed E-state index contributed by atoms with van der Waals surface area (Å²) in [5, 5.41) is 3.51. The van der Waals surface area contributed by atoms with Crippen molar-refractivity contribution >= 4 is 11.6 Å². The van der Waals surface area contributed by atoms with Gasteiger partial charge >= 0.3 is 0 Å². The fraction of sp³-hybridized carbons (Fsp3) is 0.182. The molecule has 0 bridgehead atoms. The van der Waals surface area contributed by atoms with E-state index >= 15 is 0 Å². The molecule has 0 amide bonds. The lowest BCUT2D eigenvalue weighted by molar-refractivity contribution is 0.457. The molecule has 2 heterocycles. The van der Waals surface area contributed by atoms with Crippen molar-refractivity contribution in [3.8, 4) is 11.6 Å². The van der Waals surface area contributed by atoms with Crippen LogP contribution in [0.15, 0.2) is 30.9 Å². The van der Waals surface area contributed by atoms with Crippen LogP contribution in [0, 0.1) is 0 Å².